The molecule has 0 aliphatic carbocycles. The summed E-state index contributed by atoms with van der Waals surface area (Å²) in [6.07, 6.45) is 3.59. The first kappa shape index (κ1) is 18.0. The molecule has 0 bridgehead atoms. The minimum absolute atomic E-state index is 0.577. The van der Waals surface area contributed by atoms with E-state index in [1.54, 1.807) is 0 Å². The van der Waals surface area contributed by atoms with Gasteiger partial charge in [-0.25, -0.2) is 0 Å². The molecule has 2 aromatic rings. The summed E-state index contributed by atoms with van der Waals surface area (Å²) in [5.74, 6) is 0.970. The second-order valence-electron chi connectivity index (χ2n) is 6.93. The lowest BCUT2D eigenvalue weighted by Crippen LogP contribution is -2.44. The largest absolute Gasteiger partial charge is 0.494 e. The van der Waals surface area contributed by atoms with E-state index in [-0.39, 0.29) is 0 Å². The van der Waals surface area contributed by atoms with Crippen molar-refractivity contribution in [1.29, 1.82) is 0 Å². The Bertz CT molecular complexity index is 612. The molecule has 25 heavy (non-hydrogen) atoms. The molecule has 3 nitrogen and oxygen atoms in total. The first-order valence-electron chi connectivity index (χ1n) is 9.55. The molecule has 1 aliphatic heterocycles. The number of hydrogen-bond acceptors (Lipinski definition) is 3. The van der Waals surface area contributed by atoms with Crippen molar-refractivity contribution >= 4 is 0 Å². The molecule has 1 heterocycles. The van der Waals surface area contributed by atoms with Crippen molar-refractivity contribution < 1.29 is 4.74 Å². The first-order valence-corrected chi connectivity index (χ1v) is 9.55. The van der Waals surface area contributed by atoms with E-state index >= 15 is 0 Å². The minimum Gasteiger partial charge on any atom is -0.494 e. The average Bonchev–Trinajstić information content (AvgIpc) is 2.67. The molecule has 0 spiro atoms. The van der Waals surface area contributed by atoms with E-state index < -0.39 is 0 Å². The van der Waals surface area contributed by atoms with Crippen LogP contribution in [0.15, 0.2) is 54.6 Å². The molecule has 2 aromatic carbocycles. The van der Waals surface area contributed by atoms with Crippen molar-refractivity contribution in [3.8, 4) is 5.75 Å². The van der Waals surface area contributed by atoms with Crippen LogP contribution >= 0.6 is 0 Å². The Morgan fingerprint density at radius 1 is 1.04 bits per heavy atom. The van der Waals surface area contributed by atoms with Crippen molar-refractivity contribution in [2.45, 2.75) is 45.3 Å². The number of piperidine rings is 1. The number of likely N-dealkylation sites (tertiary alicyclic amines) is 1. The molecule has 0 aromatic heterocycles. The zero-order chi connectivity index (χ0) is 17.3. The Morgan fingerprint density at radius 2 is 1.84 bits per heavy atom. The summed E-state index contributed by atoms with van der Waals surface area (Å²) >= 11 is 0. The molecular formula is C22H30N2O. The van der Waals surface area contributed by atoms with Gasteiger partial charge in [-0.05, 0) is 49.1 Å². The number of benzene rings is 2. The number of ether oxygens (including phenoxy) is 1. The number of rotatable bonds is 8. The third-order valence-electron chi connectivity index (χ3n) is 4.75. The molecule has 134 valence electrons. The second-order valence-corrected chi connectivity index (χ2v) is 6.93. The number of hydrogen-bond donors (Lipinski definition) is 1. The maximum atomic E-state index is 5.65. The molecule has 0 saturated carbocycles. The smallest absolute Gasteiger partial charge is 0.119 e. The van der Waals surface area contributed by atoms with Gasteiger partial charge in [-0.2, -0.15) is 0 Å². The zero-order valence-corrected chi connectivity index (χ0v) is 15.3. The lowest BCUT2D eigenvalue weighted by molar-refractivity contribution is 0.182. The fourth-order valence-electron chi connectivity index (χ4n) is 3.39. The van der Waals surface area contributed by atoms with E-state index in [4.69, 9.17) is 4.74 Å². The maximum absolute atomic E-state index is 5.65. The fraction of sp³-hybridized carbons (Fsp3) is 0.455. The number of nitrogens with zero attached hydrogens (tertiary/aromatic N) is 1. The highest BCUT2D eigenvalue weighted by atomic mass is 16.5. The molecule has 1 atom stereocenters. The van der Waals surface area contributed by atoms with Gasteiger partial charge in [-0.1, -0.05) is 49.4 Å². The Kier molecular flexibility index (Phi) is 6.89. The molecule has 1 saturated heterocycles. The lowest BCUT2D eigenvalue weighted by Gasteiger charge is -2.33. The van der Waals surface area contributed by atoms with Crippen LogP contribution in [0.2, 0.25) is 0 Å². The lowest BCUT2D eigenvalue weighted by atomic mass is 10.0. The monoisotopic (exact) mass is 338 g/mol. The van der Waals surface area contributed by atoms with Crippen LogP contribution in [0, 0.1) is 0 Å². The molecule has 1 N–H and O–H groups in total. The topological polar surface area (TPSA) is 24.5 Å². The van der Waals surface area contributed by atoms with Crippen LogP contribution < -0.4 is 10.1 Å². The van der Waals surface area contributed by atoms with Crippen molar-refractivity contribution in [3.63, 3.8) is 0 Å². The van der Waals surface area contributed by atoms with Gasteiger partial charge in [0, 0.05) is 25.7 Å². The zero-order valence-electron chi connectivity index (χ0n) is 15.3. The van der Waals surface area contributed by atoms with Gasteiger partial charge < -0.3 is 10.1 Å². The third kappa shape index (κ3) is 5.87. The predicted octanol–water partition coefficient (Wildman–Crippen LogP) is 4.23. The highest BCUT2D eigenvalue weighted by molar-refractivity contribution is 5.27. The summed E-state index contributed by atoms with van der Waals surface area (Å²) in [5, 5.41) is 3.73. The maximum Gasteiger partial charge on any atom is 0.119 e. The second kappa shape index (κ2) is 9.59. The molecule has 1 aliphatic rings. The van der Waals surface area contributed by atoms with Crippen LogP contribution in [0.25, 0.3) is 0 Å². The van der Waals surface area contributed by atoms with Crippen molar-refractivity contribution in [3.05, 3.63) is 65.7 Å². The van der Waals surface area contributed by atoms with E-state index in [9.17, 15) is 0 Å². The molecule has 1 fully saturated rings. The molecule has 0 radical (unpaired) electrons. The SMILES string of the molecule is CCCOc1ccc(CNC2CCCN(Cc3ccccc3)C2)cc1. The highest BCUT2D eigenvalue weighted by Gasteiger charge is 2.19. The average molecular weight is 338 g/mol. The van der Waals surface area contributed by atoms with Crippen LogP contribution in [-0.2, 0) is 13.1 Å². The van der Waals surface area contributed by atoms with Gasteiger partial charge in [0.05, 0.1) is 6.61 Å². The quantitative estimate of drug-likeness (QED) is 0.779. The van der Waals surface area contributed by atoms with Gasteiger partial charge in [0.1, 0.15) is 5.75 Å². The molecular weight excluding hydrogens is 308 g/mol. The summed E-state index contributed by atoms with van der Waals surface area (Å²) in [7, 11) is 0. The van der Waals surface area contributed by atoms with Crippen molar-refractivity contribution in [2.75, 3.05) is 19.7 Å². The van der Waals surface area contributed by atoms with Crippen LogP contribution in [0.1, 0.15) is 37.3 Å². The predicted molar refractivity (Wildman–Crippen MR) is 104 cm³/mol. The normalized spacial score (nSPS) is 18.2. The highest BCUT2D eigenvalue weighted by Crippen LogP contribution is 2.16. The van der Waals surface area contributed by atoms with Gasteiger partial charge in [0.25, 0.3) is 0 Å². The Hall–Kier alpha value is -1.84. The van der Waals surface area contributed by atoms with E-state index in [2.05, 4.69) is 71.7 Å². The van der Waals surface area contributed by atoms with Crippen molar-refractivity contribution in [1.82, 2.24) is 10.2 Å². The molecule has 1 unspecified atom stereocenters. The van der Waals surface area contributed by atoms with Crippen LogP contribution in [0.5, 0.6) is 5.75 Å². The van der Waals surface area contributed by atoms with Crippen LogP contribution in [0.4, 0.5) is 0 Å². The summed E-state index contributed by atoms with van der Waals surface area (Å²) in [4.78, 5) is 2.57. The van der Waals surface area contributed by atoms with Gasteiger partial charge in [-0.3, -0.25) is 4.90 Å². The Balaban J connectivity index is 1.44. The van der Waals surface area contributed by atoms with E-state index in [0.717, 1.165) is 38.4 Å². The summed E-state index contributed by atoms with van der Waals surface area (Å²) < 4.78 is 5.65. The minimum atomic E-state index is 0.577. The molecule has 3 rings (SSSR count). The van der Waals surface area contributed by atoms with Crippen molar-refractivity contribution in [2.24, 2.45) is 0 Å². The molecule has 3 heteroatoms. The summed E-state index contributed by atoms with van der Waals surface area (Å²) in [6, 6.07) is 19.9. The Morgan fingerprint density at radius 3 is 2.60 bits per heavy atom. The first-order chi connectivity index (χ1) is 12.3. The number of nitrogens with one attached hydrogen (secondary N) is 1. The van der Waals surface area contributed by atoms with Gasteiger partial charge in [0.2, 0.25) is 0 Å². The van der Waals surface area contributed by atoms with Gasteiger partial charge in [-0.15, -0.1) is 0 Å². The van der Waals surface area contributed by atoms with E-state index in [1.807, 2.05) is 0 Å². The van der Waals surface area contributed by atoms with E-state index in [1.165, 1.54) is 30.5 Å². The molecule has 0 amide bonds. The van der Waals surface area contributed by atoms with Crippen LogP contribution in [0.3, 0.4) is 0 Å². The fourth-order valence-corrected chi connectivity index (χ4v) is 3.39. The third-order valence-corrected chi connectivity index (χ3v) is 4.75. The van der Waals surface area contributed by atoms with E-state index in [0.29, 0.717) is 6.04 Å². The summed E-state index contributed by atoms with van der Waals surface area (Å²) in [5.41, 5.74) is 2.73. The van der Waals surface area contributed by atoms with Gasteiger partial charge in [0.15, 0.2) is 0 Å². The van der Waals surface area contributed by atoms with Crippen LogP contribution in [-0.4, -0.2) is 30.6 Å². The Labute approximate surface area is 152 Å². The van der Waals surface area contributed by atoms with Gasteiger partial charge >= 0.3 is 0 Å². The standard InChI is InChI=1S/C22H30N2O/c1-2-15-25-22-12-10-19(11-13-22)16-23-21-9-6-14-24(18-21)17-20-7-4-3-5-8-20/h3-5,7-8,10-13,21,23H,2,6,9,14-18H2,1H3. The summed E-state index contributed by atoms with van der Waals surface area (Å²) in [6.45, 7) is 7.24.